The first kappa shape index (κ1) is 12.6. The zero-order valence-corrected chi connectivity index (χ0v) is 10.9. The van der Waals surface area contributed by atoms with Gasteiger partial charge >= 0.3 is 0 Å². The minimum atomic E-state index is -2.76. The number of sulfone groups is 1. The summed E-state index contributed by atoms with van der Waals surface area (Å²) in [7, 11) is -0.828. The minimum Gasteiger partial charge on any atom is -0.313 e. The second-order valence-corrected chi connectivity index (χ2v) is 6.99. The van der Waals surface area contributed by atoms with Crippen LogP contribution in [0.4, 0.5) is 0 Å². The van der Waals surface area contributed by atoms with E-state index in [1.54, 1.807) is 0 Å². The van der Waals surface area contributed by atoms with Crippen LogP contribution in [0.2, 0.25) is 0 Å². The molecule has 3 nitrogen and oxygen atoms in total. The van der Waals surface area contributed by atoms with Crippen LogP contribution in [0.25, 0.3) is 0 Å². The first-order chi connectivity index (χ1) is 8.11. The molecule has 1 heterocycles. The van der Waals surface area contributed by atoms with Crippen LogP contribution in [0, 0.1) is 5.92 Å². The summed E-state index contributed by atoms with van der Waals surface area (Å²) in [6.45, 7) is 0. The average Bonchev–Trinajstić information content (AvgIpc) is 2.67. The van der Waals surface area contributed by atoms with E-state index >= 15 is 0 Å². The molecular formula is C13H19NO2S. The highest BCUT2D eigenvalue weighted by Crippen LogP contribution is 2.28. The van der Waals surface area contributed by atoms with Gasteiger partial charge in [-0.1, -0.05) is 30.3 Å². The van der Waals surface area contributed by atoms with Crippen LogP contribution in [0.1, 0.15) is 24.4 Å². The van der Waals surface area contributed by atoms with E-state index in [0.717, 1.165) is 12.8 Å². The summed E-state index contributed by atoms with van der Waals surface area (Å²) >= 11 is 0. The molecule has 0 aromatic heterocycles. The van der Waals surface area contributed by atoms with E-state index in [-0.39, 0.29) is 6.04 Å². The zero-order valence-electron chi connectivity index (χ0n) is 10.1. The van der Waals surface area contributed by atoms with E-state index in [2.05, 4.69) is 17.4 Å². The van der Waals surface area contributed by atoms with Gasteiger partial charge in [-0.2, -0.15) is 0 Å². The molecule has 17 heavy (non-hydrogen) atoms. The Labute approximate surface area is 103 Å². The van der Waals surface area contributed by atoms with Gasteiger partial charge in [0.05, 0.1) is 11.5 Å². The van der Waals surface area contributed by atoms with Crippen LogP contribution < -0.4 is 5.32 Å². The topological polar surface area (TPSA) is 46.2 Å². The summed E-state index contributed by atoms with van der Waals surface area (Å²) in [4.78, 5) is 0. The van der Waals surface area contributed by atoms with Crippen LogP contribution in [0.15, 0.2) is 30.3 Å². The third-order valence-electron chi connectivity index (χ3n) is 3.45. The Morgan fingerprint density at radius 3 is 2.59 bits per heavy atom. The summed E-state index contributed by atoms with van der Waals surface area (Å²) < 4.78 is 22.9. The molecule has 2 atom stereocenters. The summed E-state index contributed by atoms with van der Waals surface area (Å²) in [6.07, 6.45) is 1.72. The monoisotopic (exact) mass is 253 g/mol. The molecule has 4 heteroatoms. The van der Waals surface area contributed by atoms with E-state index in [4.69, 9.17) is 0 Å². The van der Waals surface area contributed by atoms with Gasteiger partial charge in [-0.3, -0.25) is 0 Å². The van der Waals surface area contributed by atoms with E-state index in [1.807, 2.05) is 25.2 Å². The van der Waals surface area contributed by atoms with Crippen molar-refractivity contribution in [3.63, 3.8) is 0 Å². The van der Waals surface area contributed by atoms with Gasteiger partial charge in [-0.25, -0.2) is 8.42 Å². The Morgan fingerprint density at radius 2 is 2.06 bits per heavy atom. The molecule has 2 rings (SSSR count). The van der Waals surface area contributed by atoms with Crippen molar-refractivity contribution in [2.24, 2.45) is 5.92 Å². The molecule has 0 radical (unpaired) electrons. The number of rotatable bonds is 4. The highest BCUT2D eigenvalue weighted by atomic mass is 32.2. The second-order valence-electron chi connectivity index (χ2n) is 4.76. The molecule has 1 aromatic rings. The molecule has 0 aliphatic carbocycles. The maximum absolute atomic E-state index is 11.4. The lowest BCUT2D eigenvalue weighted by Crippen LogP contribution is -2.20. The standard InChI is InChI=1S/C13H19NO2S/c1-14-13(12-5-3-2-4-6-12)9-11-7-8-17(15,16)10-11/h2-6,11,13-14H,7-10H2,1H3. The molecule has 1 saturated heterocycles. The van der Waals surface area contributed by atoms with Gasteiger partial charge in [-0.05, 0) is 31.4 Å². The maximum Gasteiger partial charge on any atom is 0.150 e. The normalized spacial score (nSPS) is 24.6. The molecule has 0 spiro atoms. The number of benzene rings is 1. The highest BCUT2D eigenvalue weighted by molar-refractivity contribution is 7.91. The fourth-order valence-corrected chi connectivity index (χ4v) is 4.38. The van der Waals surface area contributed by atoms with Crippen molar-refractivity contribution in [1.82, 2.24) is 5.32 Å². The van der Waals surface area contributed by atoms with Gasteiger partial charge in [0, 0.05) is 6.04 Å². The molecule has 1 aliphatic heterocycles. The molecular weight excluding hydrogens is 234 g/mol. The van der Waals surface area contributed by atoms with Gasteiger partial charge < -0.3 is 5.32 Å². The van der Waals surface area contributed by atoms with Crippen LogP contribution in [-0.2, 0) is 9.84 Å². The van der Waals surface area contributed by atoms with Crippen molar-refractivity contribution in [3.05, 3.63) is 35.9 Å². The molecule has 0 amide bonds. The molecule has 2 unspecified atom stereocenters. The van der Waals surface area contributed by atoms with Gasteiger partial charge in [0.2, 0.25) is 0 Å². The van der Waals surface area contributed by atoms with E-state index in [0.29, 0.717) is 17.4 Å². The SMILES string of the molecule is CNC(CC1CCS(=O)(=O)C1)c1ccccc1. The molecule has 1 fully saturated rings. The van der Waals surface area contributed by atoms with E-state index in [1.165, 1.54) is 5.56 Å². The fourth-order valence-electron chi connectivity index (χ4n) is 2.50. The van der Waals surface area contributed by atoms with Gasteiger partial charge in [-0.15, -0.1) is 0 Å². The summed E-state index contributed by atoms with van der Waals surface area (Å²) in [5.41, 5.74) is 1.24. The minimum absolute atomic E-state index is 0.259. The van der Waals surface area contributed by atoms with Gasteiger partial charge in [0.15, 0.2) is 9.84 Å². The summed E-state index contributed by atoms with van der Waals surface area (Å²) in [5, 5.41) is 3.28. The number of hydrogen-bond acceptors (Lipinski definition) is 3. The second kappa shape index (κ2) is 5.19. The predicted molar refractivity (Wildman–Crippen MR) is 69.6 cm³/mol. The maximum atomic E-state index is 11.4. The molecule has 0 bridgehead atoms. The number of hydrogen-bond donors (Lipinski definition) is 1. The lowest BCUT2D eigenvalue weighted by molar-refractivity contribution is 0.437. The summed E-state index contributed by atoms with van der Waals surface area (Å²) in [6, 6.07) is 10.5. The molecule has 1 aliphatic rings. The Morgan fingerprint density at radius 1 is 1.35 bits per heavy atom. The fraction of sp³-hybridized carbons (Fsp3) is 0.538. The Hall–Kier alpha value is -0.870. The van der Waals surface area contributed by atoms with E-state index < -0.39 is 9.84 Å². The van der Waals surface area contributed by atoms with Crippen molar-refractivity contribution in [2.75, 3.05) is 18.6 Å². The Bertz CT molecular complexity index is 456. The third-order valence-corrected chi connectivity index (χ3v) is 5.28. The van der Waals surface area contributed by atoms with Crippen molar-refractivity contribution >= 4 is 9.84 Å². The number of nitrogens with one attached hydrogen (secondary N) is 1. The Balaban J connectivity index is 2.02. The Kier molecular flexibility index (Phi) is 3.84. The quantitative estimate of drug-likeness (QED) is 0.889. The first-order valence-corrected chi connectivity index (χ1v) is 7.85. The van der Waals surface area contributed by atoms with Crippen LogP contribution in [0.3, 0.4) is 0 Å². The van der Waals surface area contributed by atoms with Crippen LogP contribution in [0.5, 0.6) is 0 Å². The zero-order chi connectivity index (χ0) is 12.3. The largest absolute Gasteiger partial charge is 0.313 e. The molecule has 0 saturated carbocycles. The third kappa shape index (κ3) is 3.30. The lowest BCUT2D eigenvalue weighted by atomic mass is 9.94. The van der Waals surface area contributed by atoms with Crippen LogP contribution in [-0.4, -0.2) is 27.0 Å². The van der Waals surface area contributed by atoms with Gasteiger partial charge in [0.25, 0.3) is 0 Å². The average molecular weight is 253 g/mol. The molecule has 1 N–H and O–H groups in total. The first-order valence-electron chi connectivity index (χ1n) is 6.03. The molecule has 1 aromatic carbocycles. The smallest absolute Gasteiger partial charge is 0.150 e. The van der Waals surface area contributed by atoms with Crippen molar-refractivity contribution < 1.29 is 8.42 Å². The van der Waals surface area contributed by atoms with Crippen molar-refractivity contribution in [1.29, 1.82) is 0 Å². The van der Waals surface area contributed by atoms with Gasteiger partial charge in [0.1, 0.15) is 0 Å². The summed E-state index contributed by atoms with van der Waals surface area (Å²) in [5.74, 6) is 1.03. The van der Waals surface area contributed by atoms with Crippen molar-refractivity contribution in [3.8, 4) is 0 Å². The predicted octanol–water partition coefficient (Wildman–Crippen LogP) is 1.77. The van der Waals surface area contributed by atoms with Crippen molar-refractivity contribution in [2.45, 2.75) is 18.9 Å². The lowest BCUT2D eigenvalue weighted by Gasteiger charge is -2.19. The highest BCUT2D eigenvalue weighted by Gasteiger charge is 2.29. The van der Waals surface area contributed by atoms with E-state index in [9.17, 15) is 8.42 Å². The van der Waals surface area contributed by atoms with Crippen LogP contribution >= 0.6 is 0 Å². The molecule has 94 valence electrons.